The minimum atomic E-state index is -0.0280. The number of carbonyl (C=O) groups is 1. The molecule has 0 unspecified atom stereocenters. The molecule has 0 aliphatic carbocycles. The van der Waals surface area contributed by atoms with Crippen molar-refractivity contribution in [1.82, 2.24) is 15.2 Å². The van der Waals surface area contributed by atoms with Gasteiger partial charge in [-0.3, -0.25) is 9.78 Å². The van der Waals surface area contributed by atoms with E-state index in [-0.39, 0.29) is 11.3 Å². The lowest BCUT2D eigenvalue weighted by Gasteiger charge is -2.28. The van der Waals surface area contributed by atoms with Crippen LogP contribution in [0.25, 0.3) is 0 Å². The first-order valence-electron chi connectivity index (χ1n) is 6.45. The van der Waals surface area contributed by atoms with Crippen molar-refractivity contribution in [2.75, 3.05) is 26.2 Å². The number of aromatic nitrogens is 1. The molecule has 4 nitrogen and oxygen atoms in total. The monoisotopic (exact) mass is 247 g/mol. The molecule has 2 rings (SSSR count). The van der Waals surface area contributed by atoms with Crippen molar-refractivity contribution in [1.29, 1.82) is 0 Å². The van der Waals surface area contributed by atoms with Gasteiger partial charge in [0, 0.05) is 49.0 Å². The summed E-state index contributed by atoms with van der Waals surface area (Å²) in [5.41, 5.74) is 1.68. The van der Waals surface area contributed by atoms with Crippen molar-refractivity contribution in [3.8, 4) is 0 Å². The van der Waals surface area contributed by atoms with Crippen LogP contribution >= 0.6 is 0 Å². The molecule has 1 fully saturated rings. The molecule has 0 atom stereocenters. The Balaban J connectivity index is 2.20. The summed E-state index contributed by atoms with van der Waals surface area (Å²) in [6.45, 7) is 9.64. The highest BCUT2D eigenvalue weighted by molar-refractivity contribution is 5.94. The van der Waals surface area contributed by atoms with Gasteiger partial charge in [0.1, 0.15) is 0 Å². The topological polar surface area (TPSA) is 45.2 Å². The van der Waals surface area contributed by atoms with Crippen LogP contribution in [-0.4, -0.2) is 42.0 Å². The Labute approximate surface area is 108 Å². The molecule has 0 radical (unpaired) electrons. The normalized spacial score (nSPS) is 16.7. The molecule has 2 heterocycles. The molecule has 98 valence electrons. The van der Waals surface area contributed by atoms with E-state index in [0.29, 0.717) is 0 Å². The van der Waals surface area contributed by atoms with Crippen LogP contribution in [0.1, 0.15) is 36.8 Å². The summed E-state index contributed by atoms with van der Waals surface area (Å²) >= 11 is 0. The molecule has 1 amide bonds. The number of nitrogens with zero attached hydrogens (tertiary/aromatic N) is 2. The first-order chi connectivity index (χ1) is 8.48. The largest absolute Gasteiger partial charge is 0.336 e. The van der Waals surface area contributed by atoms with Crippen LogP contribution in [0, 0.1) is 0 Å². The Morgan fingerprint density at radius 3 is 2.61 bits per heavy atom. The number of amides is 1. The molecule has 1 N–H and O–H groups in total. The maximum atomic E-state index is 12.3. The van der Waals surface area contributed by atoms with Gasteiger partial charge in [0.2, 0.25) is 0 Å². The number of hydrogen-bond acceptors (Lipinski definition) is 3. The van der Waals surface area contributed by atoms with Gasteiger partial charge in [-0.15, -0.1) is 0 Å². The van der Waals surface area contributed by atoms with E-state index in [4.69, 9.17) is 0 Å². The number of pyridine rings is 1. The van der Waals surface area contributed by atoms with E-state index in [2.05, 4.69) is 31.1 Å². The Kier molecular flexibility index (Phi) is 3.66. The molecular formula is C14H21N3O. The zero-order valence-corrected chi connectivity index (χ0v) is 11.4. The van der Waals surface area contributed by atoms with Crippen molar-refractivity contribution in [3.05, 3.63) is 29.6 Å². The first-order valence-corrected chi connectivity index (χ1v) is 6.45. The summed E-state index contributed by atoms with van der Waals surface area (Å²) in [6.07, 6.45) is 1.73. The van der Waals surface area contributed by atoms with Gasteiger partial charge in [0.25, 0.3) is 5.91 Å². The van der Waals surface area contributed by atoms with Crippen LogP contribution in [-0.2, 0) is 5.41 Å². The lowest BCUT2D eigenvalue weighted by atomic mass is 9.91. The molecule has 1 aromatic rings. The second-order valence-corrected chi connectivity index (χ2v) is 5.72. The standard InChI is InChI=1S/C14H21N3O/c1-14(2,3)12-10-11(4-5-16-12)13(18)17-8-6-15-7-9-17/h4-5,10,15H,6-9H2,1-3H3. The van der Waals surface area contributed by atoms with Crippen LogP contribution in [0.4, 0.5) is 0 Å². The summed E-state index contributed by atoms with van der Waals surface area (Å²) in [7, 11) is 0. The molecule has 18 heavy (non-hydrogen) atoms. The molecule has 0 spiro atoms. The van der Waals surface area contributed by atoms with Crippen molar-refractivity contribution < 1.29 is 4.79 Å². The highest BCUT2D eigenvalue weighted by Crippen LogP contribution is 2.21. The SMILES string of the molecule is CC(C)(C)c1cc(C(=O)N2CCNCC2)ccn1. The van der Waals surface area contributed by atoms with Crippen molar-refractivity contribution in [3.63, 3.8) is 0 Å². The molecule has 0 bridgehead atoms. The highest BCUT2D eigenvalue weighted by atomic mass is 16.2. The van der Waals surface area contributed by atoms with E-state index in [0.717, 1.165) is 37.4 Å². The smallest absolute Gasteiger partial charge is 0.254 e. The summed E-state index contributed by atoms with van der Waals surface area (Å²) in [4.78, 5) is 18.6. The van der Waals surface area contributed by atoms with Gasteiger partial charge < -0.3 is 10.2 Å². The number of rotatable bonds is 1. The van der Waals surface area contributed by atoms with Crippen LogP contribution < -0.4 is 5.32 Å². The minimum Gasteiger partial charge on any atom is -0.336 e. The number of hydrogen-bond donors (Lipinski definition) is 1. The summed E-state index contributed by atoms with van der Waals surface area (Å²) in [6, 6.07) is 3.73. The van der Waals surface area contributed by atoms with Gasteiger partial charge in [0.15, 0.2) is 0 Å². The van der Waals surface area contributed by atoms with E-state index in [1.54, 1.807) is 12.3 Å². The van der Waals surface area contributed by atoms with Crippen LogP contribution in [0.2, 0.25) is 0 Å². The maximum Gasteiger partial charge on any atom is 0.254 e. The third kappa shape index (κ3) is 2.88. The molecule has 4 heteroatoms. The van der Waals surface area contributed by atoms with Crippen LogP contribution in [0.3, 0.4) is 0 Å². The van der Waals surface area contributed by atoms with E-state index >= 15 is 0 Å². The quantitative estimate of drug-likeness (QED) is 0.816. The number of nitrogens with one attached hydrogen (secondary N) is 1. The average Bonchev–Trinajstić information content (AvgIpc) is 2.38. The van der Waals surface area contributed by atoms with E-state index in [9.17, 15) is 4.79 Å². The molecule has 1 aromatic heterocycles. The third-order valence-electron chi connectivity index (χ3n) is 3.18. The minimum absolute atomic E-state index is 0.0280. The van der Waals surface area contributed by atoms with Gasteiger partial charge in [-0.05, 0) is 12.1 Å². The van der Waals surface area contributed by atoms with E-state index in [1.807, 2.05) is 11.0 Å². The predicted octanol–water partition coefficient (Wildman–Crippen LogP) is 1.42. The fourth-order valence-corrected chi connectivity index (χ4v) is 2.02. The molecular weight excluding hydrogens is 226 g/mol. The van der Waals surface area contributed by atoms with E-state index < -0.39 is 0 Å². The van der Waals surface area contributed by atoms with Gasteiger partial charge in [-0.2, -0.15) is 0 Å². The highest BCUT2D eigenvalue weighted by Gasteiger charge is 2.21. The summed E-state index contributed by atoms with van der Waals surface area (Å²) in [5, 5.41) is 3.25. The fraction of sp³-hybridized carbons (Fsp3) is 0.571. The lowest BCUT2D eigenvalue weighted by molar-refractivity contribution is 0.0735. The first kappa shape index (κ1) is 13.0. The van der Waals surface area contributed by atoms with Crippen molar-refractivity contribution in [2.24, 2.45) is 0 Å². The molecule has 1 aliphatic rings. The molecule has 1 saturated heterocycles. The van der Waals surface area contributed by atoms with Crippen LogP contribution in [0.15, 0.2) is 18.3 Å². The Morgan fingerprint density at radius 1 is 1.33 bits per heavy atom. The Hall–Kier alpha value is -1.42. The summed E-state index contributed by atoms with van der Waals surface area (Å²) < 4.78 is 0. The van der Waals surface area contributed by atoms with Gasteiger partial charge >= 0.3 is 0 Å². The average molecular weight is 247 g/mol. The van der Waals surface area contributed by atoms with Crippen molar-refractivity contribution >= 4 is 5.91 Å². The fourth-order valence-electron chi connectivity index (χ4n) is 2.02. The number of piperazine rings is 1. The Morgan fingerprint density at radius 2 is 2.00 bits per heavy atom. The lowest BCUT2D eigenvalue weighted by Crippen LogP contribution is -2.46. The Bertz CT molecular complexity index is 431. The van der Waals surface area contributed by atoms with Gasteiger partial charge in [-0.1, -0.05) is 20.8 Å². The predicted molar refractivity (Wildman–Crippen MR) is 71.7 cm³/mol. The van der Waals surface area contributed by atoms with Gasteiger partial charge in [0.05, 0.1) is 0 Å². The summed E-state index contributed by atoms with van der Waals surface area (Å²) in [5.74, 6) is 0.115. The second kappa shape index (κ2) is 5.06. The second-order valence-electron chi connectivity index (χ2n) is 5.72. The molecule has 0 aromatic carbocycles. The zero-order chi connectivity index (χ0) is 13.2. The number of carbonyl (C=O) groups excluding carboxylic acids is 1. The zero-order valence-electron chi connectivity index (χ0n) is 11.4. The van der Waals surface area contributed by atoms with Crippen molar-refractivity contribution in [2.45, 2.75) is 26.2 Å². The van der Waals surface area contributed by atoms with Crippen LogP contribution in [0.5, 0.6) is 0 Å². The molecule has 0 saturated carbocycles. The molecule has 1 aliphatic heterocycles. The van der Waals surface area contributed by atoms with Gasteiger partial charge in [-0.25, -0.2) is 0 Å². The maximum absolute atomic E-state index is 12.3. The third-order valence-corrected chi connectivity index (χ3v) is 3.18. The van der Waals surface area contributed by atoms with E-state index in [1.165, 1.54) is 0 Å².